The Bertz CT molecular complexity index is 1010. The Balaban J connectivity index is 2.08. The van der Waals surface area contributed by atoms with E-state index in [0.717, 1.165) is 16.5 Å². The predicted octanol–water partition coefficient (Wildman–Crippen LogP) is 3.07. The molecule has 0 unspecified atom stereocenters. The van der Waals surface area contributed by atoms with Crippen LogP contribution in [0.2, 0.25) is 0 Å². The maximum absolute atomic E-state index is 9.80. The van der Waals surface area contributed by atoms with Crippen LogP contribution in [0.1, 0.15) is 0 Å². The predicted molar refractivity (Wildman–Crippen MR) is 98.1 cm³/mol. The van der Waals surface area contributed by atoms with Crippen LogP contribution in [-0.4, -0.2) is 18.9 Å². The van der Waals surface area contributed by atoms with Gasteiger partial charge in [0.05, 0.1) is 0 Å². The second-order valence-corrected chi connectivity index (χ2v) is 7.02. The van der Waals surface area contributed by atoms with Gasteiger partial charge in [-0.2, -0.15) is 0 Å². The van der Waals surface area contributed by atoms with Gasteiger partial charge in [-0.1, -0.05) is 78.9 Å². The summed E-state index contributed by atoms with van der Waals surface area (Å²) < 4.78 is 0. The molecule has 0 radical (unpaired) electrons. The fourth-order valence-corrected chi connectivity index (χ4v) is 4.06. The molecule has 0 spiro atoms. The fourth-order valence-electron chi connectivity index (χ4n) is 3.24. The van der Waals surface area contributed by atoms with Crippen LogP contribution in [0, 0.1) is 0 Å². The van der Waals surface area contributed by atoms with Crippen LogP contribution in [0.5, 0.6) is 0 Å². The summed E-state index contributed by atoms with van der Waals surface area (Å²) in [5.74, 6) is 0. The van der Waals surface area contributed by atoms with E-state index in [0.29, 0.717) is 5.19 Å². The van der Waals surface area contributed by atoms with Gasteiger partial charge in [0.25, 0.3) is 0 Å². The molecule has 0 aliphatic carbocycles. The van der Waals surface area contributed by atoms with Crippen LogP contribution in [0.3, 0.4) is 0 Å². The lowest BCUT2D eigenvalue weighted by Crippen LogP contribution is -2.31. The molecule has 0 aromatic heterocycles. The van der Waals surface area contributed by atoms with Crippen LogP contribution in [-0.2, 0) is 0 Å². The van der Waals surface area contributed by atoms with Gasteiger partial charge < -0.3 is 9.59 Å². The molecule has 0 heterocycles. The maximum atomic E-state index is 9.80. The van der Waals surface area contributed by atoms with Crippen molar-refractivity contribution in [2.45, 2.75) is 0 Å². The van der Waals surface area contributed by atoms with E-state index >= 15 is 0 Å². The van der Waals surface area contributed by atoms with Gasteiger partial charge >= 0.3 is 9.28 Å². The summed E-state index contributed by atoms with van der Waals surface area (Å²) in [5, 5.41) is 5.40. The summed E-state index contributed by atoms with van der Waals surface area (Å²) in [4.78, 5) is 19.6. The van der Waals surface area contributed by atoms with Gasteiger partial charge in [0.2, 0.25) is 0 Å². The van der Waals surface area contributed by atoms with E-state index in [-0.39, 0.29) is 0 Å². The molecule has 0 saturated heterocycles. The molecule has 0 aliphatic rings. The summed E-state index contributed by atoms with van der Waals surface area (Å²) in [5.41, 5.74) is 1.96. The topological polar surface area (TPSA) is 40.5 Å². The van der Waals surface area contributed by atoms with Gasteiger partial charge in [-0.25, -0.2) is 0 Å². The summed E-state index contributed by atoms with van der Waals surface area (Å²) >= 11 is 0. The van der Waals surface area contributed by atoms with E-state index in [1.807, 2.05) is 48.5 Å². The van der Waals surface area contributed by atoms with E-state index in [1.165, 1.54) is 16.2 Å². The van der Waals surface area contributed by atoms with E-state index in [9.17, 15) is 9.59 Å². The first-order valence-corrected chi connectivity index (χ1v) is 9.22. The van der Waals surface area contributed by atoms with Crippen molar-refractivity contribution in [3.8, 4) is 11.1 Å². The molecule has 4 rings (SSSR count). The average Bonchev–Trinajstić information content (AvgIpc) is 2.61. The molecule has 4 aromatic carbocycles. The number of fused-ring (bicyclic) bond motifs is 3. The van der Waals surface area contributed by atoms with E-state index < -0.39 is 9.28 Å². The molecule has 0 fully saturated rings. The molecule has 3 heteroatoms. The summed E-state index contributed by atoms with van der Waals surface area (Å²) in [6, 6.07) is 26.3. The highest BCUT2D eigenvalue weighted by molar-refractivity contribution is 6.60. The van der Waals surface area contributed by atoms with Crippen molar-refractivity contribution < 1.29 is 9.59 Å². The number of rotatable bonds is 2. The first-order chi connectivity index (χ1) is 11.3. The third kappa shape index (κ3) is 2.35. The molecular formula is C20H16O2Si. The maximum Gasteiger partial charge on any atom is 0.351 e. The number of hydrogen-bond acceptors (Lipinski definition) is 2. The monoisotopic (exact) mass is 316 g/mol. The number of hydrogen-bond donors (Lipinski definition) is 2. The van der Waals surface area contributed by atoms with Gasteiger partial charge in [-0.05, 0) is 37.9 Å². The average molecular weight is 316 g/mol. The highest BCUT2D eigenvalue weighted by atomic mass is 28.3. The molecule has 23 heavy (non-hydrogen) atoms. The Morgan fingerprint density at radius 2 is 1.22 bits per heavy atom. The van der Waals surface area contributed by atoms with E-state index in [1.54, 1.807) is 0 Å². The van der Waals surface area contributed by atoms with Gasteiger partial charge in [-0.15, -0.1) is 0 Å². The minimum Gasteiger partial charge on any atom is -0.410 e. The minimum absolute atomic E-state index is 0.660. The van der Waals surface area contributed by atoms with Gasteiger partial charge in [0.15, 0.2) is 0 Å². The van der Waals surface area contributed by atoms with Crippen molar-refractivity contribution in [1.29, 1.82) is 0 Å². The zero-order chi connectivity index (χ0) is 15.8. The molecule has 0 amide bonds. The number of benzene rings is 4. The molecule has 0 aliphatic heterocycles. The lowest BCUT2D eigenvalue weighted by atomic mass is 9.95. The molecular weight excluding hydrogens is 300 g/mol. The molecule has 112 valence electrons. The molecule has 2 nitrogen and oxygen atoms in total. The molecule has 0 bridgehead atoms. The van der Waals surface area contributed by atoms with Crippen LogP contribution in [0.15, 0.2) is 78.9 Å². The van der Waals surface area contributed by atoms with E-state index in [2.05, 4.69) is 30.3 Å². The lowest BCUT2D eigenvalue weighted by Gasteiger charge is -2.13. The zero-order valence-corrected chi connectivity index (χ0v) is 13.6. The van der Waals surface area contributed by atoms with Gasteiger partial charge in [-0.3, -0.25) is 0 Å². The highest BCUT2D eigenvalue weighted by Gasteiger charge is 2.15. The zero-order valence-electron chi connectivity index (χ0n) is 12.5. The first-order valence-electron chi connectivity index (χ1n) is 7.61. The van der Waals surface area contributed by atoms with Crippen molar-refractivity contribution in [2.75, 3.05) is 0 Å². The van der Waals surface area contributed by atoms with Gasteiger partial charge in [0.1, 0.15) is 0 Å². The molecule has 0 saturated carbocycles. The van der Waals surface area contributed by atoms with Crippen molar-refractivity contribution in [2.24, 2.45) is 0 Å². The second-order valence-electron chi connectivity index (χ2n) is 5.65. The Hall–Kier alpha value is -2.46. The largest absolute Gasteiger partial charge is 0.410 e. The third-order valence-electron chi connectivity index (χ3n) is 4.32. The Morgan fingerprint density at radius 3 is 2.09 bits per heavy atom. The smallest absolute Gasteiger partial charge is 0.351 e. The van der Waals surface area contributed by atoms with Gasteiger partial charge in [0, 0.05) is 0 Å². The summed E-state index contributed by atoms with van der Waals surface area (Å²) in [6.45, 7) is 0. The first kappa shape index (κ1) is 14.1. The van der Waals surface area contributed by atoms with Crippen molar-refractivity contribution in [3.05, 3.63) is 78.9 Å². The molecule has 2 N–H and O–H groups in total. The van der Waals surface area contributed by atoms with Crippen LogP contribution < -0.4 is 5.19 Å². The quantitative estimate of drug-likeness (QED) is 0.441. The Labute approximate surface area is 136 Å². The van der Waals surface area contributed by atoms with Crippen LogP contribution in [0.4, 0.5) is 0 Å². The SMILES string of the molecule is O[SiH](O)c1ccccc1-c1cccc2c1ccc1ccccc12. The normalized spacial score (nSPS) is 11.4. The minimum atomic E-state index is -2.87. The third-order valence-corrected chi connectivity index (χ3v) is 5.38. The van der Waals surface area contributed by atoms with Crippen LogP contribution in [0.25, 0.3) is 32.7 Å². The fraction of sp³-hybridized carbons (Fsp3) is 0. The highest BCUT2D eigenvalue weighted by Crippen LogP contribution is 2.32. The molecule has 4 aromatic rings. The van der Waals surface area contributed by atoms with Crippen molar-refractivity contribution in [1.82, 2.24) is 0 Å². The summed E-state index contributed by atoms with van der Waals surface area (Å²) in [6.07, 6.45) is 0. The lowest BCUT2D eigenvalue weighted by molar-refractivity contribution is 0.426. The van der Waals surface area contributed by atoms with Crippen LogP contribution >= 0.6 is 0 Å². The molecule has 0 atom stereocenters. The summed E-state index contributed by atoms with van der Waals surface area (Å²) in [7, 11) is -2.87. The standard InChI is InChI=1S/C20H16O2Si/c21-23(22)20-11-4-3-8-19(20)17-10-5-9-16-15-7-2-1-6-14(15)12-13-18(16)17/h1-13,21-23H. The van der Waals surface area contributed by atoms with Crippen molar-refractivity contribution in [3.63, 3.8) is 0 Å². The van der Waals surface area contributed by atoms with E-state index in [4.69, 9.17) is 0 Å². The second kappa shape index (κ2) is 5.63. The van der Waals surface area contributed by atoms with Crippen molar-refractivity contribution >= 4 is 36.0 Å². The Morgan fingerprint density at radius 1 is 0.522 bits per heavy atom. The Kier molecular flexibility index (Phi) is 3.46.